The Balaban J connectivity index is 0.000000490. The molecule has 1 saturated carbocycles. The molecule has 1 aliphatic rings. The molecule has 0 radical (unpaired) electrons. The van der Waals surface area contributed by atoms with E-state index >= 15 is 0 Å². The molecule has 0 aliphatic heterocycles. The molecule has 0 atom stereocenters. The lowest BCUT2D eigenvalue weighted by molar-refractivity contribution is 0.0576. The van der Waals surface area contributed by atoms with E-state index in [1.807, 2.05) is 7.05 Å². The molecular formula is C5H12ClNO. The van der Waals surface area contributed by atoms with E-state index in [2.05, 4.69) is 5.32 Å². The van der Waals surface area contributed by atoms with Gasteiger partial charge < -0.3 is 4.74 Å². The standard InChI is InChI=1S/C5H11NO.ClH/c1-6-5(7-2)3-4-5;/h6H,3-4H2,1-2H3;1H. The molecule has 0 heterocycles. The van der Waals surface area contributed by atoms with Gasteiger partial charge in [-0.2, -0.15) is 0 Å². The van der Waals surface area contributed by atoms with Crippen molar-refractivity contribution in [2.45, 2.75) is 18.6 Å². The second-order valence-electron chi connectivity index (χ2n) is 1.95. The van der Waals surface area contributed by atoms with Crippen molar-refractivity contribution in [3.8, 4) is 0 Å². The second-order valence-corrected chi connectivity index (χ2v) is 1.95. The molecule has 0 amide bonds. The fraction of sp³-hybridized carbons (Fsp3) is 1.00. The predicted octanol–water partition coefficient (Wildman–Crippen LogP) is 0.764. The molecule has 0 aromatic rings. The molecule has 0 spiro atoms. The molecule has 0 bridgehead atoms. The van der Waals surface area contributed by atoms with Crippen LogP contribution in [0, 0.1) is 0 Å². The predicted molar refractivity (Wildman–Crippen MR) is 35.3 cm³/mol. The van der Waals surface area contributed by atoms with Gasteiger partial charge in [-0.3, -0.25) is 5.32 Å². The van der Waals surface area contributed by atoms with Gasteiger partial charge in [-0.15, -0.1) is 12.4 Å². The highest BCUT2D eigenvalue weighted by Gasteiger charge is 2.40. The molecule has 50 valence electrons. The number of hydrogen-bond acceptors (Lipinski definition) is 2. The third-order valence-electron chi connectivity index (χ3n) is 1.55. The molecule has 1 aliphatic carbocycles. The highest BCUT2D eigenvalue weighted by atomic mass is 35.5. The summed E-state index contributed by atoms with van der Waals surface area (Å²) in [6, 6.07) is 0. The summed E-state index contributed by atoms with van der Waals surface area (Å²) in [4.78, 5) is 0. The minimum Gasteiger partial charge on any atom is -0.364 e. The van der Waals surface area contributed by atoms with E-state index in [1.54, 1.807) is 7.11 Å². The monoisotopic (exact) mass is 137 g/mol. The number of hydrogen-bond donors (Lipinski definition) is 1. The van der Waals surface area contributed by atoms with Gasteiger partial charge in [-0.1, -0.05) is 0 Å². The minimum atomic E-state index is 0. The lowest BCUT2D eigenvalue weighted by Crippen LogP contribution is -2.28. The van der Waals surface area contributed by atoms with E-state index in [0.717, 1.165) is 0 Å². The van der Waals surface area contributed by atoms with Gasteiger partial charge in [0.1, 0.15) is 5.72 Å². The first kappa shape index (κ1) is 8.21. The fourth-order valence-corrected chi connectivity index (χ4v) is 0.670. The Morgan fingerprint density at radius 3 is 2.00 bits per heavy atom. The lowest BCUT2D eigenvalue weighted by Gasteiger charge is -2.09. The topological polar surface area (TPSA) is 21.3 Å². The van der Waals surface area contributed by atoms with Crippen LogP contribution in [0.4, 0.5) is 0 Å². The van der Waals surface area contributed by atoms with Crippen LogP contribution in [0.25, 0.3) is 0 Å². The molecule has 0 saturated heterocycles. The summed E-state index contributed by atoms with van der Waals surface area (Å²) in [5.41, 5.74) is 0.0833. The first-order chi connectivity index (χ1) is 3.33. The first-order valence-electron chi connectivity index (χ1n) is 2.57. The molecule has 0 aromatic carbocycles. The average molecular weight is 138 g/mol. The van der Waals surface area contributed by atoms with Crippen LogP contribution >= 0.6 is 12.4 Å². The molecule has 1 rings (SSSR count). The molecule has 0 aromatic heterocycles. The Kier molecular flexibility index (Phi) is 2.74. The van der Waals surface area contributed by atoms with E-state index in [4.69, 9.17) is 4.74 Å². The highest BCUT2D eigenvalue weighted by molar-refractivity contribution is 5.85. The zero-order chi connectivity index (χ0) is 5.33. The number of ether oxygens (including phenoxy) is 1. The van der Waals surface area contributed by atoms with Crippen molar-refractivity contribution in [3.63, 3.8) is 0 Å². The maximum absolute atomic E-state index is 5.09. The van der Waals surface area contributed by atoms with Gasteiger partial charge in [-0.25, -0.2) is 0 Å². The Morgan fingerprint density at radius 2 is 2.00 bits per heavy atom. The number of halogens is 1. The maximum atomic E-state index is 5.09. The Morgan fingerprint density at radius 1 is 1.50 bits per heavy atom. The van der Waals surface area contributed by atoms with Gasteiger partial charge >= 0.3 is 0 Å². The van der Waals surface area contributed by atoms with E-state index in [0.29, 0.717) is 0 Å². The van der Waals surface area contributed by atoms with Gasteiger partial charge in [0, 0.05) is 7.11 Å². The van der Waals surface area contributed by atoms with E-state index in [9.17, 15) is 0 Å². The van der Waals surface area contributed by atoms with Gasteiger partial charge in [0.15, 0.2) is 0 Å². The smallest absolute Gasteiger partial charge is 0.118 e. The summed E-state index contributed by atoms with van der Waals surface area (Å²) >= 11 is 0. The van der Waals surface area contributed by atoms with Crippen molar-refractivity contribution in [3.05, 3.63) is 0 Å². The van der Waals surface area contributed by atoms with Gasteiger partial charge in [-0.05, 0) is 19.9 Å². The summed E-state index contributed by atoms with van der Waals surface area (Å²) in [5.74, 6) is 0. The lowest BCUT2D eigenvalue weighted by atomic mass is 10.6. The normalized spacial score (nSPS) is 21.8. The summed E-state index contributed by atoms with van der Waals surface area (Å²) in [5, 5.41) is 3.08. The van der Waals surface area contributed by atoms with Crippen molar-refractivity contribution in [2.24, 2.45) is 0 Å². The van der Waals surface area contributed by atoms with Gasteiger partial charge in [0.05, 0.1) is 0 Å². The second kappa shape index (κ2) is 2.67. The molecule has 1 N–H and O–H groups in total. The first-order valence-corrected chi connectivity index (χ1v) is 2.57. The zero-order valence-corrected chi connectivity index (χ0v) is 6.05. The van der Waals surface area contributed by atoms with Crippen LogP contribution in [0.2, 0.25) is 0 Å². The molecule has 2 nitrogen and oxygen atoms in total. The molecular weight excluding hydrogens is 126 g/mol. The third kappa shape index (κ3) is 1.34. The Labute approximate surface area is 56.0 Å². The van der Waals surface area contributed by atoms with Crippen LogP contribution in [-0.4, -0.2) is 19.9 Å². The van der Waals surface area contributed by atoms with Crippen LogP contribution in [0.3, 0.4) is 0 Å². The van der Waals surface area contributed by atoms with Crippen LogP contribution in [0.1, 0.15) is 12.8 Å². The van der Waals surface area contributed by atoms with Crippen LogP contribution in [0.15, 0.2) is 0 Å². The van der Waals surface area contributed by atoms with Crippen molar-refractivity contribution in [2.75, 3.05) is 14.2 Å². The maximum Gasteiger partial charge on any atom is 0.118 e. The van der Waals surface area contributed by atoms with Crippen LogP contribution in [-0.2, 0) is 4.74 Å². The minimum absolute atomic E-state index is 0. The van der Waals surface area contributed by atoms with Crippen molar-refractivity contribution >= 4 is 12.4 Å². The summed E-state index contributed by atoms with van der Waals surface area (Å²) in [7, 11) is 3.67. The largest absolute Gasteiger partial charge is 0.364 e. The summed E-state index contributed by atoms with van der Waals surface area (Å²) < 4.78 is 5.09. The number of nitrogens with one attached hydrogen (secondary N) is 1. The van der Waals surface area contributed by atoms with Crippen molar-refractivity contribution in [1.29, 1.82) is 0 Å². The molecule has 0 unspecified atom stereocenters. The zero-order valence-electron chi connectivity index (χ0n) is 5.23. The van der Waals surface area contributed by atoms with Crippen LogP contribution < -0.4 is 5.32 Å². The number of rotatable bonds is 2. The molecule has 1 fully saturated rings. The Hall–Kier alpha value is 0.210. The van der Waals surface area contributed by atoms with Crippen LogP contribution in [0.5, 0.6) is 0 Å². The van der Waals surface area contributed by atoms with Crippen molar-refractivity contribution < 1.29 is 4.74 Å². The average Bonchev–Trinajstić information content (AvgIpc) is 2.46. The van der Waals surface area contributed by atoms with Gasteiger partial charge in [0.2, 0.25) is 0 Å². The SMILES string of the molecule is CNC1(OC)CC1.Cl. The van der Waals surface area contributed by atoms with Gasteiger partial charge in [0.25, 0.3) is 0 Å². The van der Waals surface area contributed by atoms with E-state index in [1.165, 1.54) is 12.8 Å². The fourth-order valence-electron chi connectivity index (χ4n) is 0.670. The van der Waals surface area contributed by atoms with E-state index in [-0.39, 0.29) is 18.1 Å². The quantitative estimate of drug-likeness (QED) is 0.568. The van der Waals surface area contributed by atoms with Crippen molar-refractivity contribution in [1.82, 2.24) is 5.32 Å². The Bertz CT molecular complexity index is 66.8. The molecule has 8 heavy (non-hydrogen) atoms. The third-order valence-corrected chi connectivity index (χ3v) is 1.55. The van der Waals surface area contributed by atoms with E-state index < -0.39 is 0 Å². The number of methoxy groups -OCH3 is 1. The molecule has 3 heteroatoms. The highest BCUT2D eigenvalue weighted by Crippen LogP contribution is 2.34. The summed E-state index contributed by atoms with van der Waals surface area (Å²) in [6.07, 6.45) is 2.33. The summed E-state index contributed by atoms with van der Waals surface area (Å²) in [6.45, 7) is 0.